The molecule has 3 nitrogen and oxygen atoms in total. The van der Waals surface area contributed by atoms with Crippen molar-refractivity contribution in [2.75, 3.05) is 6.61 Å². The van der Waals surface area contributed by atoms with E-state index in [2.05, 4.69) is 46.9 Å². The maximum absolute atomic E-state index is 10.7. The molecule has 0 aromatic heterocycles. The van der Waals surface area contributed by atoms with Crippen LogP contribution in [0.25, 0.3) is 0 Å². The van der Waals surface area contributed by atoms with Crippen molar-refractivity contribution in [3.8, 4) is 0 Å². The highest BCUT2D eigenvalue weighted by Gasteiger charge is 2.60. The lowest BCUT2D eigenvalue weighted by molar-refractivity contribution is -0.0873. The smallest absolute Gasteiger partial charge is 0.192 e. The third-order valence-corrected chi connectivity index (χ3v) is 14.7. The third-order valence-electron chi connectivity index (χ3n) is 10.2. The van der Waals surface area contributed by atoms with Crippen molar-refractivity contribution in [3.63, 3.8) is 0 Å². The van der Waals surface area contributed by atoms with E-state index in [9.17, 15) is 10.2 Å². The summed E-state index contributed by atoms with van der Waals surface area (Å²) < 4.78 is 6.90. The number of hydrogen-bond donors (Lipinski definition) is 2. The first-order chi connectivity index (χ1) is 13.4. The van der Waals surface area contributed by atoms with Gasteiger partial charge in [-0.2, -0.15) is 0 Å². The molecule has 0 radical (unpaired) electrons. The van der Waals surface area contributed by atoms with Crippen molar-refractivity contribution < 1.29 is 14.6 Å². The number of aliphatic hydroxyl groups excluding tert-OH is 2. The maximum atomic E-state index is 10.7. The molecule has 4 aliphatic rings. The van der Waals surface area contributed by atoms with Crippen LogP contribution in [-0.2, 0) is 4.43 Å². The molecule has 2 N–H and O–H groups in total. The van der Waals surface area contributed by atoms with Gasteiger partial charge in [-0.1, -0.05) is 39.3 Å². The molecular weight excluding hydrogens is 376 g/mol. The second-order valence-corrected chi connectivity index (χ2v) is 17.4. The van der Waals surface area contributed by atoms with E-state index in [1.54, 1.807) is 0 Å². The molecule has 7 atom stereocenters. The molecule has 4 aliphatic carbocycles. The monoisotopic (exact) mass is 420 g/mol. The first-order valence-electron chi connectivity index (χ1n) is 12.1. The van der Waals surface area contributed by atoms with Gasteiger partial charge in [0.1, 0.15) is 0 Å². The van der Waals surface area contributed by atoms with Crippen LogP contribution < -0.4 is 0 Å². The van der Waals surface area contributed by atoms with Crippen LogP contribution in [0.5, 0.6) is 0 Å². The van der Waals surface area contributed by atoms with E-state index in [-0.39, 0.29) is 28.1 Å². The molecule has 3 saturated carbocycles. The molecule has 3 fully saturated rings. The Balaban J connectivity index is 1.66. The molecule has 0 spiro atoms. The van der Waals surface area contributed by atoms with Gasteiger partial charge in [-0.3, -0.25) is 0 Å². The van der Waals surface area contributed by atoms with Gasteiger partial charge in [0.15, 0.2) is 8.32 Å². The Bertz CT molecular complexity index is 665. The van der Waals surface area contributed by atoms with E-state index in [1.165, 1.54) is 18.4 Å². The molecule has 29 heavy (non-hydrogen) atoms. The Morgan fingerprint density at radius 2 is 1.79 bits per heavy atom. The molecule has 0 bridgehead atoms. The van der Waals surface area contributed by atoms with Gasteiger partial charge in [0.25, 0.3) is 0 Å². The SMILES string of the molecule is CC(C)(C)[Si](C)(C)OC[C@]12CC[C@H](O)CC1=CC[C@@H]1[C@@H]2CC[C@]2(C)[C@@H](O)CC[C@@H]12. The summed E-state index contributed by atoms with van der Waals surface area (Å²) in [5.41, 5.74) is 1.73. The van der Waals surface area contributed by atoms with E-state index in [1.807, 2.05) is 0 Å². The molecule has 0 unspecified atom stereocenters. The minimum absolute atomic E-state index is 0.113. The van der Waals surface area contributed by atoms with Crippen LogP contribution in [0.1, 0.15) is 79.1 Å². The van der Waals surface area contributed by atoms with Gasteiger partial charge in [0, 0.05) is 12.0 Å². The van der Waals surface area contributed by atoms with Gasteiger partial charge in [0.05, 0.1) is 12.2 Å². The molecule has 0 aliphatic heterocycles. The average molecular weight is 421 g/mol. The molecule has 166 valence electrons. The molecule has 4 rings (SSSR count). The minimum atomic E-state index is -1.83. The summed E-state index contributed by atoms with van der Waals surface area (Å²) in [6.07, 6.45) is 10.7. The Hall–Kier alpha value is -0.163. The summed E-state index contributed by atoms with van der Waals surface area (Å²) in [7, 11) is -1.83. The zero-order chi connectivity index (χ0) is 21.2. The van der Waals surface area contributed by atoms with Gasteiger partial charge < -0.3 is 14.6 Å². The molecule has 0 heterocycles. The fraction of sp³-hybridized carbons (Fsp3) is 0.920. The van der Waals surface area contributed by atoms with Crippen molar-refractivity contribution in [1.29, 1.82) is 0 Å². The lowest BCUT2D eigenvalue weighted by Crippen LogP contribution is -2.55. The normalized spacial score (nSPS) is 45.2. The zero-order valence-corrected chi connectivity index (χ0v) is 20.6. The lowest BCUT2D eigenvalue weighted by atomic mass is 9.47. The summed E-state index contributed by atoms with van der Waals surface area (Å²) in [5.74, 6) is 1.97. The fourth-order valence-corrected chi connectivity index (χ4v) is 8.26. The number of allylic oxidation sites excluding steroid dienone is 1. The molecule has 0 aromatic rings. The van der Waals surface area contributed by atoms with Gasteiger partial charge in [-0.25, -0.2) is 0 Å². The summed E-state index contributed by atoms with van der Waals surface area (Å²) in [5, 5.41) is 21.4. The first kappa shape index (κ1) is 22.0. The van der Waals surface area contributed by atoms with E-state index < -0.39 is 8.32 Å². The second kappa shape index (κ2) is 7.18. The molecular formula is C25H44O3Si. The maximum Gasteiger partial charge on any atom is 0.192 e. The Labute approximate surface area is 179 Å². The van der Waals surface area contributed by atoms with Gasteiger partial charge >= 0.3 is 0 Å². The summed E-state index contributed by atoms with van der Waals surface area (Å²) in [6.45, 7) is 14.9. The number of hydrogen-bond acceptors (Lipinski definition) is 3. The first-order valence-corrected chi connectivity index (χ1v) is 15.0. The third kappa shape index (κ3) is 3.41. The summed E-state index contributed by atoms with van der Waals surface area (Å²) >= 11 is 0. The number of fused-ring (bicyclic) bond motifs is 5. The highest BCUT2D eigenvalue weighted by atomic mass is 28.4. The van der Waals surface area contributed by atoms with Crippen molar-refractivity contribution in [3.05, 3.63) is 11.6 Å². The van der Waals surface area contributed by atoms with Crippen LogP contribution in [0.3, 0.4) is 0 Å². The van der Waals surface area contributed by atoms with Gasteiger partial charge in [0.2, 0.25) is 0 Å². The Morgan fingerprint density at radius 1 is 1.07 bits per heavy atom. The predicted molar refractivity (Wildman–Crippen MR) is 121 cm³/mol. The summed E-state index contributed by atoms with van der Waals surface area (Å²) in [4.78, 5) is 0. The molecule has 4 heteroatoms. The van der Waals surface area contributed by atoms with Crippen molar-refractivity contribution in [2.45, 2.75) is 109 Å². The average Bonchev–Trinajstić information content (AvgIpc) is 2.94. The van der Waals surface area contributed by atoms with Gasteiger partial charge in [-0.05, 0) is 92.7 Å². The van der Waals surface area contributed by atoms with E-state index >= 15 is 0 Å². The topological polar surface area (TPSA) is 49.7 Å². The van der Waals surface area contributed by atoms with Crippen LogP contribution in [0.15, 0.2) is 11.6 Å². The zero-order valence-electron chi connectivity index (χ0n) is 19.6. The molecule has 0 amide bonds. The van der Waals surface area contributed by atoms with Crippen LogP contribution in [0.2, 0.25) is 18.1 Å². The quantitative estimate of drug-likeness (QED) is 0.456. The number of aliphatic hydroxyl groups is 2. The fourth-order valence-electron chi connectivity index (χ4n) is 7.20. The molecule has 0 aromatic carbocycles. The van der Waals surface area contributed by atoms with E-state index in [4.69, 9.17) is 4.43 Å². The van der Waals surface area contributed by atoms with Gasteiger partial charge in [-0.15, -0.1) is 0 Å². The van der Waals surface area contributed by atoms with Crippen LogP contribution >= 0.6 is 0 Å². The second-order valence-electron chi connectivity index (χ2n) is 12.6. The predicted octanol–water partition coefficient (Wildman–Crippen LogP) is 5.67. The number of rotatable bonds is 3. The van der Waals surface area contributed by atoms with Crippen LogP contribution in [0.4, 0.5) is 0 Å². The van der Waals surface area contributed by atoms with E-state index in [0.717, 1.165) is 45.1 Å². The van der Waals surface area contributed by atoms with Crippen molar-refractivity contribution in [2.24, 2.45) is 28.6 Å². The Morgan fingerprint density at radius 3 is 2.48 bits per heavy atom. The largest absolute Gasteiger partial charge is 0.416 e. The minimum Gasteiger partial charge on any atom is -0.416 e. The molecule has 0 saturated heterocycles. The highest BCUT2D eigenvalue weighted by Crippen LogP contribution is 2.65. The van der Waals surface area contributed by atoms with Crippen LogP contribution in [-0.4, -0.2) is 37.3 Å². The van der Waals surface area contributed by atoms with E-state index in [0.29, 0.717) is 17.8 Å². The lowest BCUT2D eigenvalue weighted by Gasteiger charge is -2.59. The van der Waals surface area contributed by atoms with Crippen molar-refractivity contribution >= 4 is 8.32 Å². The Kier molecular flexibility index (Phi) is 5.46. The van der Waals surface area contributed by atoms with Crippen molar-refractivity contribution in [1.82, 2.24) is 0 Å². The standard InChI is InChI=1S/C25H44O3Si/c1-23(2,3)29(5,6)28-16-25-14-11-18(26)15-17(25)7-8-19-20-9-10-22(27)24(20,4)13-12-21(19)25/h7,18-22,26-27H,8-16H2,1-6H3/t18-,19-,20-,21-,22-,24-,25+/m0/s1. The summed E-state index contributed by atoms with van der Waals surface area (Å²) in [6, 6.07) is 0. The van der Waals surface area contributed by atoms with Crippen LogP contribution in [0, 0.1) is 28.6 Å². The highest BCUT2D eigenvalue weighted by molar-refractivity contribution is 6.74.